The van der Waals surface area contributed by atoms with E-state index in [0.29, 0.717) is 12.4 Å². The molecule has 0 heterocycles. The van der Waals surface area contributed by atoms with Crippen molar-refractivity contribution in [3.63, 3.8) is 0 Å². The molecule has 112 valence electrons. The molecule has 0 spiro atoms. The summed E-state index contributed by atoms with van der Waals surface area (Å²) in [6.45, 7) is 4.55. The lowest BCUT2D eigenvalue weighted by molar-refractivity contribution is 0.339. The van der Waals surface area contributed by atoms with Crippen LogP contribution in [0.5, 0.6) is 5.75 Å². The first kappa shape index (κ1) is 15.4. The molecule has 3 heteroatoms. The van der Waals surface area contributed by atoms with Crippen molar-refractivity contribution in [1.29, 1.82) is 0 Å². The molecule has 0 saturated carbocycles. The predicted molar refractivity (Wildman–Crippen MR) is 85.4 cm³/mol. The molecular weight excluding hydrogens is 265 g/mol. The Kier molecular flexibility index (Phi) is 5.61. The van der Waals surface area contributed by atoms with Gasteiger partial charge in [0, 0.05) is 12.1 Å². The van der Waals surface area contributed by atoms with Gasteiger partial charge in [0.2, 0.25) is 0 Å². The van der Waals surface area contributed by atoms with Crippen molar-refractivity contribution in [2.45, 2.75) is 32.7 Å². The van der Waals surface area contributed by atoms with Gasteiger partial charge in [-0.05, 0) is 44.4 Å². The minimum Gasteiger partial charge on any atom is -0.492 e. The van der Waals surface area contributed by atoms with Crippen LogP contribution in [0.4, 0.5) is 10.1 Å². The summed E-state index contributed by atoms with van der Waals surface area (Å²) in [5.74, 6) is 0.296. The second-order valence-electron chi connectivity index (χ2n) is 5.14. The van der Waals surface area contributed by atoms with Crippen molar-refractivity contribution >= 4 is 5.69 Å². The molecule has 0 bridgehead atoms. The number of halogens is 1. The Morgan fingerprint density at radius 3 is 2.62 bits per heavy atom. The van der Waals surface area contributed by atoms with Gasteiger partial charge in [0.15, 0.2) is 0 Å². The predicted octanol–water partition coefficient (Wildman–Crippen LogP) is 4.66. The van der Waals surface area contributed by atoms with E-state index >= 15 is 0 Å². The minimum absolute atomic E-state index is 0.277. The Hall–Kier alpha value is -2.03. The zero-order valence-corrected chi connectivity index (χ0v) is 12.6. The van der Waals surface area contributed by atoms with Crippen molar-refractivity contribution in [3.8, 4) is 5.75 Å². The highest BCUT2D eigenvalue weighted by Crippen LogP contribution is 2.26. The van der Waals surface area contributed by atoms with Gasteiger partial charge < -0.3 is 10.1 Å². The van der Waals surface area contributed by atoms with Crippen LogP contribution in [0.2, 0.25) is 0 Å². The molecule has 1 unspecified atom stereocenters. The zero-order valence-electron chi connectivity index (χ0n) is 12.6. The number of anilines is 1. The number of hydrogen-bond acceptors (Lipinski definition) is 2. The van der Waals surface area contributed by atoms with Crippen LogP contribution >= 0.6 is 0 Å². The van der Waals surface area contributed by atoms with Crippen molar-refractivity contribution < 1.29 is 9.13 Å². The standard InChI is InChI=1S/C18H22FNO/c1-3-21-18-13-16(19)11-12-17(18)20-14(2)9-10-15-7-5-4-6-8-15/h4-8,11-14,20H,3,9-10H2,1-2H3. The lowest BCUT2D eigenvalue weighted by Crippen LogP contribution is -2.16. The van der Waals surface area contributed by atoms with E-state index in [4.69, 9.17) is 4.74 Å². The highest BCUT2D eigenvalue weighted by Gasteiger charge is 2.09. The van der Waals surface area contributed by atoms with Crippen LogP contribution in [0.15, 0.2) is 48.5 Å². The summed E-state index contributed by atoms with van der Waals surface area (Å²) in [5, 5.41) is 3.40. The van der Waals surface area contributed by atoms with Gasteiger partial charge in [-0.3, -0.25) is 0 Å². The fourth-order valence-corrected chi connectivity index (χ4v) is 2.26. The molecule has 0 aliphatic heterocycles. The molecule has 0 amide bonds. The highest BCUT2D eigenvalue weighted by atomic mass is 19.1. The fourth-order valence-electron chi connectivity index (χ4n) is 2.26. The lowest BCUT2D eigenvalue weighted by atomic mass is 10.1. The van der Waals surface area contributed by atoms with E-state index in [1.807, 2.05) is 13.0 Å². The molecule has 2 nitrogen and oxygen atoms in total. The first-order chi connectivity index (χ1) is 10.2. The lowest BCUT2D eigenvalue weighted by Gasteiger charge is -2.18. The van der Waals surface area contributed by atoms with Gasteiger partial charge in [0.05, 0.1) is 12.3 Å². The topological polar surface area (TPSA) is 21.3 Å². The summed E-state index contributed by atoms with van der Waals surface area (Å²) in [4.78, 5) is 0. The number of hydrogen-bond donors (Lipinski definition) is 1. The van der Waals surface area contributed by atoms with Crippen molar-refractivity contribution in [2.75, 3.05) is 11.9 Å². The molecule has 0 saturated heterocycles. The van der Waals surface area contributed by atoms with Gasteiger partial charge >= 0.3 is 0 Å². The molecule has 2 aromatic carbocycles. The van der Waals surface area contributed by atoms with Gasteiger partial charge in [0.1, 0.15) is 11.6 Å². The van der Waals surface area contributed by atoms with Crippen LogP contribution in [-0.4, -0.2) is 12.6 Å². The Morgan fingerprint density at radius 2 is 1.90 bits per heavy atom. The summed E-state index contributed by atoms with van der Waals surface area (Å²) in [6.07, 6.45) is 2.02. The molecule has 2 rings (SSSR count). The van der Waals surface area contributed by atoms with Crippen LogP contribution in [0.1, 0.15) is 25.8 Å². The quantitative estimate of drug-likeness (QED) is 0.800. The van der Waals surface area contributed by atoms with E-state index in [-0.39, 0.29) is 11.9 Å². The van der Waals surface area contributed by atoms with Crippen LogP contribution in [-0.2, 0) is 6.42 Å². The minimum atomic E-state index is -0.277. The maximum Gasteiger partial charge on any atom is 0.145 e. The Balaban J connectivity index is 1.94. The van der Waals surface area contributed by atoms with Gasteiger partial charge in [-0.15, -0.1) is 0 Å². The highest BCUT2D eigenvalue weighted by molar-refractivity contribution is 5.57. The molecule has 0 aromatic heterocycles. The Morgan fingerprint density at radius 1 is 1.14 bits per heavy atom. The SMILES string of the molecule is CCOc1cc(F)ccc1NC(C)CCc1ccccc1. The first-order valence-corrected chi connectivity index (χ1v) is 7.42. The van der Waals surface area contributed by atoms with Crippen molar-refractivity contribution in [1.82, 2.24) is 0 Å². The van der Waals surface area contributed by atoms with Gasteiger partial charge in [-0.1, -0.05) is 30.3 Å². The van der Waals surface area contributed by atoms with E-state index in [1.165, 1.54) is 17.7 Å². The molecule has 0 fully saturated rings. The van der Waals surface area contributed by atoms with Crippen LogP contribution in [0.25, 0.3) is 0 Å². The number of nitrogens with one attached hydrogen (secondary N) is 1. The molecule has 0 aliphatic carbocycles. The molecular formula is C18H22FNO. The van der Waals surface area contributed by atoms with Crippen LogP contribution in [0.3, 0.4) is 0 Å². The van der Waals surface area contributed by atoms with Gasteiger partial charge in [0.25, 0.3) is 0 Å². The largest absolute Gasteiger partial charge is 0.492 e. The molecule has 0 radical (unpaired) electrons. The fraction of sp³-hybridized carbons (Fsp3) is 0.333. The third kappa shape index (κ3) is 4.78. The number of rotatable bonds is 7. The smallest absolute Gasteiger partial charge is 0.145 e. The second kappa shape index (κ2) is 7.67. The summed E-state index contributed by atoms with van der Waals surface area (Å²) >= 11 is 0. The van der Waals surface area contributed by atoms with E-state index in [0.717, 1.165) is 18.5 Å². The maximum atomic E-state index is 13.3. The van der Waals surface area contributed by atoms with Gasteiger partial charge in [-0.25, -0.2) is 4.39 Å². The summed E-state index contributed by atoms with van der Waals surface area (Å²) in [6, 6.07) is 15.3. The monoisotopic (exact) mass is 287 g/mol. The van der Waals surface area contributed by atoms with Crippen molar-refractivity contribution in [2.24, 2.45) is 0 Å². The second-order valence-corrected chi connectivity index (χ2v) is 5.14. The molecule has 1 atom stereocenters. The van der Waals surface area contributed by atoms with E-state index < -0.39 is 0 Å². The normalized spacial score (nSPS) is 12.0. The summed E-state index contributed by atoms with van der Waals surface area (Å²) in [7, 11) is 0. The summed E-state index contributed by atoms with van der Waals surface area (Å²) in [5.41, 5.74) is 2.18. The number of ether oxygens (including phenoxy) is 1. The van der Waals surface area contributed by atoms with E-state index in [1.54, 1.807) is 6.07 Å². The maximum absolute atomic E-state index is 13.3. The average molecular weight is 287 g/mol. The van der Waals surface area contributed by atoms with Crippen molar-refractivity contribution in [3.05, 3.63) is 59.9 Å². The van der Waals surface area contributed by atoms with Gasteiger partial charge in [-0.2, -0.15) is 0 Å². The molecule has 0 aliphatic rings. The van der Waals surface area contributed by atoms with Crippen LogP contribution < -0.4 is 10.1 Å². The molecule has 2 aromatic rings. The zero-order chi connectivity index (χ0) is 15.1. The molecule has 21 heavy (non-hydrogen) atoms. The third-order valence-corrected chi connectivity index (χ3v) is 3.35. The van der Waals surface area contributed by atoms with E-state index in [2.05, 4.69) is 36.5 Å². The average Bonchev–Trinajstić information content (AvgIpc) is 2.49. The number of aryl methyl sites for hydroxylation is 1. The number of benzene rings is 2. The molecule has 1 N–H and O–H groups in total. The first-order valence-electron chi connectivity index (χ1n) is 7.42. The Labute approximate surface area is 126 Å². The van der Waals surface area contributed by atoms with E-state index in [9.17, 15) is 4.39 Å². The summed E-state index contributed by atoms with van der Waals surface area (Å²) < 4.78 is 18.7. The third-order valence-electron chi connectivity index (χ3n) is 3.35. The van der Waals surface area contributed by atoms with Crippen LogP contribution in [0, 0.1) is 5.82 Å². The Bertz CT molecular complexity index is 556.